The van der Waals surface area contributed by atoms with Gasteiger partial charge in [-0.25, -0.2) is 0 Å². The zero-order chi connectivity index (χ0) is 19.0. The van der Waals surface area contributed by atoms with Gasteiger partial charge in [0, 0.05) is 11.3 Å². The molecule has 0 radical (unpaired) electrons. The quantitative estimate of drug-likeness (QED) is 0.387. The van der Waals surface area contributed by atoms with Crippen molar-refractivity contribution in [1.82, 2.24) is 0 Å². The minimum atomic E-state index is 0.230. The van der Waals surface area contributed by atoms with Crippen molar-refractivity contribution in [2.24, 2.45) is 11.8 Å². The van der Waals surface area contributed by atoms with Gasteiger partial charge in [-0.3, -0.25) is 4.79 Å². The Hall–Kier alpha value is -2.35. The van der Waals surface area contributed by atoms with Crippen LogP contribution >= 0.6 is 0 Å². The Bertz CT molecular complexity index is 683. The first kappa shape index (κ1) is 20.0. The number of hydrogen-bond donors (Lipinski definition) is 1. The molecule has 2 bridgehead atoms. The van der Waals surface area contributed by atoms with Gasteiger partial charge in [-0.1, -0.05) is 75.4 Å². The lowest BCUT2D eigenvalue weighted by Gasteiger charge is -2.18. The van der Waals surface area contributed by atoms with Crippen molar-refractivity contribution in [1.29, 1.82) is 0 Å². The van der Waals surface area contributed by atoms with E-state index < -0.39 is 0 Å². The fraction of sp³-hybridized carbons (Fsp3) is 0.375. The third kappa shape index (κ3) is 6.51. The highest BCUT2D eigenvalue weighted by Gasteiger charge is 2.25. The maximum Gasteiger partial charge on any atom is 0.150 e. The van der Waals surface area contributed by atoms with Crippen molar-refractivity contribution < 1.29 is 4.79 Å². The summed E-state index contributed by atoms with van der Waals surface area (Å²) >= 11 is 0. The highest BCUT2D eigenvalue weighted by atomic mass is 16.1. The lowest BCUT2D eigenvalue weighted by Crippen LogP contribution is -2.10. The number of aldehydes is 1. The molecular formula is C24H31NO. The number of carbonyl (C=O) groups is 1. The fourth-order valence-corrected chi connectivity index (χ4v) is 3.23. The first-order chi connectivity index (χ1) is 12.4. The van der Waals surface area contributed by atoms with Crippen molar-refractivity contribution in [3.8, 4) is 0 Å². The van der Waals surface area contributed by atoms with Gasteiger partial charge in [-0.05, 0) is 54.2 Å². The molecule has 2 N–H and O–H groups in total. The highest BCUT2D eigenvalue weighted by molar-refractivity contribution is 5.74. The van der Waals surface area contributed by atoms with Crippen LogP contribution in [0, 0.1) is 11.8 Å². The van der Waals surface area contributed by atoms with Gasteiger partial charge < -0.3 is 5.73 Å². The largest absolute Gasteiger partial charge is 0.399 e. The molecule has 4 rings (SSSR count). The number of nitrogen functional groups attached to an aromatic ring is 1. The van der Waals surface area contributed by atoms with Crippen LogP contribution in [0.5, 0.6) is 0 Å². The van der Waals surface area contributed by atoms with Crippen LogP contribution in [0.25, 0.3) is 0 Å². The van der Waals surface area contributed by atoms with E-state index in [9.17, 15) is 4.79 Å². The Labute approximate surface area is 158 Å². The van der Waals surface area contributed by atoms with E-state index in [0.717, 1.165) is 29.4 Å². The molecule has 2 heteroatoms. The SMILES string of the molecule is C1=CC2CCC1C2.CC(C)(C)c1ccc(N)cc1.O=Cc1ccccc1. The van der Waals surface area contributed by atoms with E-state index in [2.05, 4.69) is 45.1 Å². The van der Waals surface area contributed by atoms with Crippen LogP contribution in [-0.2, 0) is 5.41 Å². The van der Waals surface area contributed by atoms with Crippen LogP contribution in [0.3, 0.4) is 0 Å². The highest BCUT2D eigenvalue weighted by Crippen LogP contribution is 2.38. The number of hydrogen-bond acceptors (Lipinski definition) is 2. The zero-order valence-electron chi connectivity index (χ0n) is 16.2. The summed E-state index contributed by atoms with van der Waals surface area (Å²) in [5, 5.41) is 0. The predicted molar refractivity (Wildman–Crippen MR) is 111 cm³/mol. The third-order valence-corrected chi connectivity index (χ3v) is 4.88. The minimum absolute atomic E-state index is 0.230. The molecular weight excluding hydrogens is 318 g/mol. The fourth-order valence-electron chi connectivity index (χ4n) is 3.23. The summed E-state index contributed by atoms with van der Waals surface area (Å²) in [4.78, 5) is 10.0. The van der Waals surface area contributed by atoms with Crippen LogP contribution in [0.15, 0.2) is 66.7 Å². The summed E-state index contributed by atoms with van der Waals surface area (Å²) in [6, 6.07) is 17.1. The molecule has 0 amide bonds. The summed E-state index contributed by atoms with van der Waals surface area (Å²) in [6.07, 6.45) is 10.0. The van der Waals surface area contributed by atoms with Crippen molar-refractivity contribution >= 4 is 12.0 Å². The summed E-state index contributed by atoms with van der Waals surface area (Å²) in [5.41, 5.74) is 8.69. The Kier molecular flexibility index (Phi) is 7.20. The topological polar surface area (TPSA) is 43.1 Å². The molecule has 26 heavy (non-hydrogen) atoms. The molecule has 2 aliphatic carbocycles. The van der Waals surface area contributed by atoms with Crippen molar-refractivity contribution in [2.75, 3.05) is 5.73 Å². The van der Waals surface area contributed by atoms with Gasteiger partial charge in [-0.15, -0.1) is 0 Å². The second-order valence-corrected chi connectivity index (χ2v) is 8.12. The standard InChI is InChI=1S/C10H15N.C7H6O.C7H10/c1-10(2,3)8-4-6-9(11)7-5-8;8-6-7-4-2-1-3-5-7;1-2-7-4-3-6(1)5-7/h4-7H,11H2,1-3H3;1-6H;1-2,6-7H,3-5H2. The number of carbonyl (C=O) groups excluding carboxylic acids is 1. The van der Waals surface area contributed by atoms with Gasteiger partial charge >= 0.3 is 0 Å². The maximum absolute atomic E-state index is 10.0. The molecule has 1 fully saturated rings. The summed E-state index contributed by atoms with van der Waals surface area (Å²) in [6.45, 7) is 6.58. The molecule has 0 saturated heterocycles. The van der Waals surface area contributed by atoms with E-state index >= 15 is 0 Å². The molecule has 2 atom stereocenters. The van der Waals surface area contributed by atoms with Crippen LogP contribution in [0.1, 0.15) is 56.0 Å². The Morgan fingerprint density at radius 3 is 1.73 bits per heavy atom. The Balaban J connectivity index is 0.000000144. The van der Waals surface area contributed by atoms with Gasteiger partial charge in [0.2, 0.25) is 0 Å². The van der Waals surface area contributed by atoms with E-state index in [1.165, 1.54) is 24.8 Å². The smallest absolute Gasteiger partial charge is 0.150 e. The van der Waals surface area contributed by atoms with Gasteiger partial charge in [-0.2, -0.15) is 0 Å². The second kappa shape index (κ2) is 9.38. The minimum Gasteiger partial charge on any atom is -0.399 e. The number of rotatable bonds is 1. The second-order valence-electron chi connectivity index (χ2n) is 8.12. The average Bonchev–Trinajstić information content (AvgIpc) is 3.29. The molecule has 0 aliphatic heterocycles. The van der Waals surface area contributed by atoms with Crippen molar-refractivity contribution in [2.45, 2.75) is 45.4 Å². The van der Waals surface area contributed by atoms with Crippen LogP contribution in [0.4, 0.5) is 5.69 Å². The molecule has 0 heterocycles. The molecule has 2 aromatic carbocycles. The van der Waals surface area contributed by atoms with Crippen molar-refractivity contribution in [3.63, 3.8) is 0 Å². The molecule has 0 spiro atoms. The lowest BCUT2D eigenvalue weighted by atomic mass is 9.87. The number of benzene rings is 2. The molecule has 1 saturated carbocycles. The van der Waals surface area contributed by atoms with Gasteiger partial charge in [0.1, 0.15) is 6.29 Å². The van der Waals surface area contributed by atoms with E-state index in [4.69, 9.17) is 5.73 Å². The van der Waals surface area contributed by atoms with Gasteiger partial charge in [0.25, 0.3) is 0 Å². The monoisotopic (exact) mass is 349 g/mol. The Morgan fingerprint density at radius 1 is 0.885 bits per heavy atom. The van der Waals surface area contributed by atoms with Crippen LogP contribution in [-0.4, -0.2) is 6.29 Å². The molecule has 2 aliphatic rings. The first-order valence-corrected chi connectivity index (χ1v) is 9.43. The summed E-state index contributed by atoms with van der Waals surface area (Å²) < 4.78 is 0. The van der Waals surface area contributed by atoms with E-state index in [1.807, 2.05) is 30.3 Å². The van der Waals surface area contributed by atoms with Crippen LogP contribution < -0.4 is 5.73 Å². The van der Waals surface area contributed by atoms with Crippen LogP contribution in [0.2, 0.25) is 0 Å². The average molecular weight is 350 g/mol. The van der Waals surface area contributed by atoms with Crippen molar-refractivity contribution in [3.05, 3.63) is 77.9 Å². The Morgan fingerprint density at radius 2 is 1.42 bits per heavy atom. The summed E-state index contributed by atoms with van der Waals surface area (Å²) in [7, 11) is 0. The number of fused-ring (bicyclic) bond motifs is 2. The molecule has 2 nitrogen and oxygen atoms in total. The number of allylic oxidation sites excluding steroid dienone is 2. The summed E-state index contributed by atoms with van der Waals surface area (Å²) in [5.74, 6) is 1.98. The van der Waals surface area contributed by atoms with Gasteiger partial charge in [0.15, 0.2) is 0 Å². The van der Waals surface area contributed by atoms with E-state index in [1.54, 1.807) is 12.1 Å². The van der Waals surface area contributed by atoms with E-state index in [0.29, 0.717) is 0 Å². The molecule has 0 aromatic heterocycles. The first-order valence-electron chi connectivity index (χ1n) is 9.43. The predicted octanol–water partition coefficient (Wildman–Crippen LogP) is 6.04. The van der Waals surface area contributed by atoms with E-state index in [-0.39, 0.29) is 5.41 Å². The third-order valence-electron chi connectivity index (χ3n) is 4.88. The number of nitrogens with two attached hydrogens (primary N) is 1. The molecule has 2 unspecified atom stereocenters. The molecule has 2 aromatic rings. The van der Waals surface area contributed by atoms with Gasteiger partial charge in [0.05, 0.1) is 0 Å². The zero-order valence-corrected chi connectivity index (χ0v) is 16.2. The maximum atomic E-state index is 10.0. The number of anilines is 1. The lowest BCUT2D eigenvalue weighted by molar-refractivity contribution is 0.112. The normalized spacial score (nSPS) is 19.8. The molecule has 138 valence electrons.